The first kappa shape index (κ1) is 20.3. The maximum atomic E-state index is 10.8. The predicted molar refractivity (Wildman–Crippen MR) is 86.8 cm³/mol. The van der Waals surface area contributed by atoms with Gasteiger partial charge in [-0.3, -0.25) is 4.58 Å². The molecule has 21 heavy (non-hydrogen) atoms. The predicted octanol–water partition coefficient (Wildman–Crippen LogP) is 4.55. The maximum Gasteiger partial charge on any atom is 0.497 e. The average Bonchev–Trinajstić information content (AvgIpc) is 2.21. The summed E-state index contributed by atoms with van der Waals surface area (Å²) in [6, 6.07) is 0. The number of hydrogen-bond acceptors (Lipinski definition) is 2. The van der Waals surface area contributed by atoms with Gasteiger partial charge in [0.05, 0.1) is 0 Å². The molecule has 0 fully saturated rings. The minimum Gasteiger partial charge on any atom is -0.588 e. The molecular weight excluding hydrogens is 264 g/mol. The molecule has 0 aliphatic heterocycles. The van der Waals surface area contributed by atoms with Crippen molar-refractivity contribution < 1.29 is 14.6 Å². The summed E-state index contributed by atoms with van der Waals surface area (Å²) in [4.78, 5) is 0. The molecule has 0 saturated carbocycles. The Labute approximate surface area is 131 Å². The standard InChI is InChI=1S/C18H36O3/c1-16(2,3)13-11-9-10-12-15(21-19)20-18(7,8)14-17(4,5)6/h9-14H2,1-8H3. The number of carbonyl (C=O) groups excluding carboxylic acids is 1. The number of ether oxygens (including phenoxy) is 1. The summed E-state index contributed by atoms with van der Waals surface area (Å²) in [5, 5.41) is 10.8. The minimum atomic E-state index is -0.372. The van der Waals surface area contributed by atoms with E-state index in [1.54, 1.807) is 0 Å². The van der Waals surface area contributed by atoms with E-state index < -0.39 is 0 Å². The van der Waals surface area contributed by atoms with Crippen LogP contribution in [0.4, 0.5) is 0 Å². The molecule has 0 rings (SSSR count). The Bertz CT molecular complexity index is 316. The van der Waals surface area contributed by atoms with Gasteiger partial charge in [0.25, 0.3) is 0 Å². The number of hydrogen-bond donors (Lipinski definition) is 0. The van der Waals surface area contributed by atoms with Crippen molar-refractivity contribution in [2.24, 2.45) is 10.8 Å². The first-order valence-corrected chi connectivity index (χ1v) is 8.19. The molecule has 0 N–H and O–H groups in total. The van der Waals surface area contributed by atoms with E-state index in [2.05, 4.69) is 46.1 Å². The summed E-state index contributed by atoms with van der Waals surface area (Å²) in [5.74, 6) is 0.236. The van der Waals surface area contributed by atoms with Gasteiger partial charge < -0.3 is 9.99 Å². The van der Waals surface area contributed by atoms with E-state index in [4.69, 9.17) is 4.74 Å². The zero-order chi connectivity index (χ0) is 16.7. The Morgan fingerprint density at radius 3 is 1.86 bits per heavy atom. The molecule has 0 aromatic heterocycles. The SMILES string of the molecule is CC(C)(C)CCCCCC(OC(C)(C)CC(C)(C)C)=[O+][O-]. The van der Waals surface area contributed by atoms with E-state index in [9.17, 15) is 5.26 Å². The summed E-state index contributed by atoms with van der Waals surface area (Å²) in [6.45, 7) is 17.3. The van der Waals surface area contributed by atoms with Gasteiger partial charge in [0.1, 0.15) is 6.42 Å². The lowest BCUT2D eigenvalue weighted by Crippen LogP contribution is -2.34. The first-order valence-electron chi connectivity index (χ1n) is 8.19. The molecule has 3 nitrogen and oxygen atoms in total. The van der Waals surface area contributed by atoms with Gasteiger partial charge in [-0.05, 0) is 23.7 Å². The van der Waals surface area contributed by atoms with Crippen molar-refractivity contribution in [3.05, 3.63) is 0 Å². The van der Waals surface area contributed by atoms with E-state index in [0.29, 0.717) is 11.8 Å². The summed E-state index contributed by atoms with van der Waals surface area (Å²) in [6.07, 6.45) is 5.91. The highest BCUT2D eigenvalue weighted by atomic mass is 17.1. The lowest BCUT2D eigenvalue weighted by Gasteiger charge is -2.27. The summed E-state index contributed by atoms with van der Waals surface area (Å²) in [5.41, 5.74) is 0.167. The highest BCUT2D eigenvalue weighted by molar-refractivity contribution is 5.70. The Balaban J connectivity index is 4.13. The molecule has 0 unspecified atom stereocenters. The molecule has 0 amide bonds. The lowest BCUT2D eigenvalue weighted by atomic mass is 9.83. The Morgan fingerprint density at radius 2 is 1.43 bits per heavy atom. The van der Waals surface area contributed by atoms with E-state index in [-0.39, 0.29) is 17.0 Å². The Kier molecular flexibility index (Phi) is 7.77. The molecule has 0 atom stereocenters. The molecule has 0 spiro atoms. The highest BCUT2D eigenvalue weighted by Crippen LogP contribution is 2.30. The Hall–Kier alpha value is -0.730. The third kappa shape index (κ3) is 12.7. The van der Waals surface area contributed by atoms with Crippen LogP contribution >= 0.6 is 0 Å². The Morgan fingerprint density at radius 1 is 0.857 bits per heavy atom. The quantitative estimate of drug-likeness (QED) is 0.227. The highest BCUT2D eigenvalue weighted by Gasteiger charge is 2.35. The second-order valence-corrected chi connectivity index (χ2v) is 9.18. The van der Waals surface area contributed by atoms with Gasteiger partial charge in [-0.15, -0.1) is 0 Å². The van der Waals surface area contributed by atoms with E-state index in [1.165, 1.54) is 12.8 Å². The fourth-order valence-electron chi connectivity index (χ4n) is 2.83. The van der Waals surface area contributed by atoms with Crippen LogP contribution in [0.15, 0.2) is 0 Å². The van der Waals surface area contributed by atoms with E-state index >= 15 is 0 Å². The monoisotopic (exact) mass is 300 g/mol. The van der Waals surface area contributed by atoms with E-state index in [0.717, 1.165) is 19.3 Å². The fourth-order valence-corrected chi connectivity index (χ4v) is 2.83. The van der Waals surface area contributed by atoms with Crippen LogP contribution in [0.2, 0.25) is 0 Å². The molecule has 0 heterocycles. The molecule has 0 radical (unpaired) electrons. The van der Waals surface area contributed by atoms with Crippen molar-refractivity contribution in [3.8, 4) is 0 Å². The van der Waals surface area contributed by atoms with Crippen molar-refractivity contribution >= 4 is 5.97 Å². The normalized spacial score (nSPS) is 14.4. The smallest absolute Gasteiger partial charge is 0.497 e. The summed E-state index contributed by atoms with van der Waals surface area (Å²) in [7, 11) is 0. The number of rotatable bonds is 7. The van der Waals surface area contributed by atoms with Gasteiger partial charge in [0.2, 0.25) is 0 Å². The second kappa shape index (κ2) is 8.05. The molecule has 3 heteroatoms. The van der Waals surface area contributed by atoms with Crippen LogP contribution in [0.5, 0.6) is 0 Å². The largest absolute Gasteiger partial charge is 0.588 e. The fraction of sp³-hybridized carbons (Fsp3) is 0.944. The van der Waals surface area contributed by atoms with Crippen molar-refractivity contribution in [1.82, 2.24) is 0 Å². The minimum absolute atomic E-state index is 0.157. The van der Waals surface area contributed by atoms with Gasteiger partial charge in [-0.1, -0.05) is 54.4 Å². The van der Waals surface area contributed by atoms with Crippen molar-refractivity contribution in [2.45, 2.75) is 99.5 Å². The molecule has 0 aromatic carbocycles. The van der Waals surface area contributed by atoms with Gasteiger partial charge in [-0.25, -0.2) is 0 Å². The van der Waals surface area contributed by atoms with Crippen molar-refractivity contribution in [3.63, 3.8) is 0 Å². The van der Waals surface area contributed by atoms with Crippen LogP contribution in [-0.4, -0.2) is 11.6 Å². The summed E-state index contributed by atoms with van der Waals surface area (Å²) < 4.78 is 9.99. The molecule has 0 aromatic rings. The first-order chi connectivity index (χ1) is 9.35. The second-order valence-electron chi connectivity index (χ2n) is 9.18. The van der Waals surface area contributed by atoms with Crippen LogP contribution in [-0.2, 0) is 9.31 Å². The number of esters is 1. The molecular formula is C18H36O3. The topological polar surface area (TPSA) is 43.6 Å². The average molecular weight is 300 g/mol. The molecule has 0 aliphatic rings. The lowest BCUT2D eigenvalue weighted by molar-refractivity contribution is -1.05. The van der Waals surface area contributed by atoms with Crippen LogP contribution in [0, 0.1) is 10.8 Å². The van der Waals surface area contributed by atoms with Gasteiger partial charge in [0, 0.05) is 20.3 Å². The maximum absolute atomic E-state index is 10.8. The van der Waals surface area contributed by atoms with Crippen molar-refractivity contribution in [2.75, 3.05) is 0 Å². The molecule has 126 valence electrons. The van der Waals surface area contributed by atoms with Gasteiger partial charge in [-0.2, -0.15) is 0 Å². The third-order valence-corrected chi connectivity index (χ3v) is 3.25. The summed E-state index contributed by atoms with van der Waals surface area (Å²) >= 11 is 0. The molecule has 0 aliphatic carbocycles. The van der Waals surface area contributed by atoms with Crippen LogP contribution in [0.1, 0.15) is 93.9 Å². The van der Waals surface area contributed by atoms with E-state index in [1.807, 2.05) is 13.8 Å². The van der Waals surface area contributed by atoms with Crippen LogP contribution < -0.4 is 5.26 Å². The number of unbranched alkanes of at least 4 members (excludes halogenated alkanes) is 2. The molecule has 0 bridgehead atoms. The van der Waals surface area contributed by atoms with Gasteiger partial charge >= 0.3 is 5.97 Å². The van der Waals surface area contributed by atoms with Crippen molar-refractivity contribution in [1.29, 1.82) is 0 Å². The van der Waals surface area contributed by atoms with Crippen LogP contribution in [0.25, 0.3) is 0 Å². The van der Waals surface area contributed by atoms with Gasteiger partial charge in [0.15, 0.2) is 5.60 Å². The third-order valence-electron chi connectivity index (χ3n) is 3.25. The molecule has 0 saturated heterocycles. The zero-order valence-electron chi connectivity index (χ0n) is 15.5. The zero-order valence-corrected chi connectivity index (χ0v) is 15.5. The van der Waals surface area contributed by atoms with Crippen LogP contribution in [0.3, 0.4) is 0 Å².